The molecule has 2 atom stereocenters. The van der Waals surface area contributed by atoms with Crippen molar-refractivity contribution in [3.63, 3.8) is 0 Å². The molecule has 0 aliphatic carbocycles. The molecule has 0 bridgehead atoms. The van der Waals surface area contributed by atoms with E-state index in [4.69, 9.17) is 9.47 Å². The van der Waals surface area contributed by atoms with Gasteiger partial charge in [0.05, 0.1) is 19.1 Å². The number of hydrogen-bond acceptors (Lipinski definition) is 5. The van der Waals surface area contributed by atoms with E-state index in [0.717, 1.165) is 5.56 Å². The average molecular weight is 348 g/mol. The van der Waals surface area contributed by atoms with Gasteiger partial charge in [-0.3, -0.25) is 4.79 Å². The molecular weight excluding hydrogens is 324 g/mol. The van der Waals surface area contributed by atoms with Crippen molar-refractivity contribution in [2.24, 2.45) is 11.3 Å². The second-order valence-electron chi connectivity index (χ2n) is 6.50. The largest absolute Gasteiger partial charge is 0.481 e. The molecule has 3 amide bonds. The van der Waals surface area contributed by atoms with Crippen molar-refractivity contribution >= 4 is 11.9 Å². The lowest BCUT2D eigenvalue weighted by atomic mass is 9.73. The van der Waals surface area contributed by atoms with Crippen molar-refractivity contribution in [2.45, 2.75) is 13.0 Å². The molecule has 0 radical (unpaired) electrons. The monoisotopic (exact) mass is 348 g/mol. The SMILES string of the molecule is CNC(=O)[C@@]12CCOC[C@@H]1CN(C(=O)NCc1ccnc(OC)c1)C2. The highest BCUT2D eigenvalue weighted by Crippen LogP contribution is 2.42. The summed E-state index contributed by atoms with van der Waals surface area (Å²) in [6.45, 7) is 2.39. The molecule has 2 N–H and O–H groups in total. The molecule has 2 aliphatic rings. The molecule has 3 heterocycles. The number of nitrogens with one attached hydrogen (secondary N) is 2. The number of pyridine rings is 1. The zero-order valence-corrected chi connectivity index (χ0v) is 14.6. The summed E-state index contributed by atoms with van der Waals surface area (Å²) in [5.74, 6) is 0.539. The zero-order valence-electron chi connectivity index (χ0n) is 14.6. The third-order valence-electron chi connectivity index (χ3n) is 5.13. The van der Waals surface area contributed by atoms with E-state index >= 15 is 0 Å². The molecule has 2 aliphatic heterocycles. The molecule has 0 spiro atoms. The van der Waals surface area contributed by atoms with Gasteiger partial charge in [-0.15, -0.1) is 0 Å². The molecule has 136 valence electrons. The predicted octanol–water partition coefficient (Wildman–Crippen LogP) is 0.384. The fourth-order valence-electron chi connectivity index (χ4n) is 3.69. The molecular formula is C17H24N4O4. The van der Waals surface area contributed by atoms with E-state index in [1.807, 2.05) is 6.07 Å². The third-order valence-corrected chi connectivity index (χ3v) is 5.13. The molecule has 1 aromatic rings. The Morgan fingerprint density at radius 3 is 3.12 bits per heavy atom. The van der Waals surface area contributed by atoms with Gasteiger partial charge in [-0.05, 0) is 18.1 Å². The first-order valence-electron chi connectivity index (χ1n) is 8.40. The molecule has 2 fully saturated rings. The molecule has 3 rings (SSSR count). The molecule has 25 heavy (non-hydrogen) atoms. The summed E-state index contributed by atoms with van der Waals surface area (Å²) >= 11 is 0. The number of amides is 3. The summed E-state index contributed by atoms with van der Waals surface area (Å²) in [7, 11) is 3.19. The lowest BCUT2D eigenvalue weighted by molar-refractivity contribution is -0.138. The van der Waals surface area contributed by atoms with Crippen LogP contribution in [0.1, 0.15) is 12.0 Å². The summed E-state index contributed by atoms with van der Waals surface area (Å²) in [4.78, 5) is 30.8. The number of hydrogen-bond donors (Lipinski definition) is 2. The predicted molar refractivity (Wildman–Crippen MR) is 90.0 cm³/mol. The summed E-state index contributed by atoms with van der Waals surface area (Å²) in [5, 5.41) is 5.66. The number of carbonyl (C=O) groups excluding carboxylic acids is 2. The standard InChI is InChI=1S/C17H24N4O4/c1-18-15(22)17-4-6-25-10-13(17)9-21(11-17)16(23)20-8-12-3-5-19-14(7-12)24-2/h3,5,7,13H,4,6,8-11H2,1-2H3,(H,18,22)(H,20,23)/t13-,17+/m0/s1. The number of likely N-dealkylation sites (tertiary alicyclic amines) is 1. The fraction of sp³-hybridized carbons (Fsp3) is 0.588. The van der Waals surface area contributed by atoms with Crippen LogP contribution in [-0.2, 0) is 16.1 Å². The molecule has 8 heteroatoms. The Bertz CT molecular complexity index is 653. The van der Waals surface area contributed by atoms with Crippen LogP contribution in [0.2, 0.25) is 0 Å². The van der Waals surface area contributed by atoms with Crippen molar-refractivity contribution in [1.29, 1.82) is 0 Å². The van der Waals surface area contributed by atoms with Gasteiger partial charge in [0.25, 0.3) is 0 Å². The van der Waals surface area contributed by atoms with E-state index in [1.165, 1.54) is 0 Å². The van der Waals surface area contributed by atoms with E-state index in [2.05, 4.69) is 15.6 Å². The Morgan fingerprint density at radius 1 is 1.52 bits per heavy atom. The van der Waals surface area contributed by atoms with Crippen LogP contribution in [0.5, 0.6) is 5.88 Å². The lowest BCUT2D eigenvalue weighted by Crippen LogP contribution is -2.50. The number of ether oxygens (including phenoxy) is 2. The van der Waals surface area contributed by atoms with Crippen LogP contribution in [0.4, 0.5) is 4.79 Å². The number of aromatic nitrogens is 1. The normalized spacial score (nSPS) is 25.2. The van der Waals surface area contributed by atoms with Gasteiger partial charge in [0, 0.05) is 51.5 Å². The van der Waals surface area contributed by atoms with Gasteiger partial charge in [0.2, 0.25) is 11.8 Å². The first-order chi connectivity index (χ1) is 12.1. The Labute approximate surface area is 146 Å². The van der Waals surface area contributed by atoms with Crippen LogP contribution in [0.3, 0.4) is 0 Å². The zero-order chi connectivity index (χ0) is 17.9. The number of urea groups is 1. The van der Waals surface area contributed by atoms with Crippen molar-refractivity contribution < 1.29 is 19.1 Å². The maximum atomic E-state index is 12.6. The van der Waals surface area contributed by atoms with Gasteiger partial charge < -0.3 is 25.0 Å². The van der Waals surface area contributed by atoms with E-state index in [-0.39, 0.29) is 17.9 Å². The topological polar surface area (TPSA) is 92.8 Å². The maximum absolute atomic E-state index is 12.6. The third kappa shape index (κ3) is 3.39. The molecule has 1 aromatic heterocycles. The van der Waals surface area contributed by atoms with Gasteiger partial charge in [-0.25, -0.2) is 9.78 Å². The highest BCUT2D eigenvalue weighted by molar-refractivity contribution is 5.85. The molecule has 0 unspecified atom stereocenters. The van der Waals surface area contributed by atoms with E-state index in [0.29, 0.717) is 45.1 Å². The van der Waals surface area contributed by atoms with Crippen molar-refractivity contribution in [1.82, 2.24) is 20.5 Å². The smallest absolute Gasteiger partial charge is 0.317 e. The van der Waals surface area contributed by atoms with Crippen LogP contribution in [0.25, 0.3) is 0 Å². The van der Waals surface area contributed by atoms with Gasteiger partial charge in [-0.1, -0.05) is 0 Å². The van der Waals surface area contributed by atoms with E-state index in [9.17, 15) is 9.59 Å². The van der Waals surface area contributed by atoms with Crippen LogP contribution < -0.4 is 15.4 Å². The number of fused-ring (bicyclic) bond motifs is 1. The number of carbonyl (C=O) groups is 2. The first kappa shape index (κ1) is 17.5. The van der Waals surface area contributed by atoms with Gasteiger partial charge >= 0.3 is 6.03 Å². The summed E-state index contributed by atoms with van der Waals surface area (Å²) in [6.07, 6.45) is 2.28. The quantitative estimate of drug-likeness (QED) is 0.821. The second-order valence-corrected chi connectivity index (χ2v) is 6.50. The highest BCUT2D eigenvalue weighted by atomic mass is 16.5. The molecule has 8 nitrogen and oxygen atoms in total. The van der Waals surface area contributed by atoms with Crippen molar-refractivity contribution in [2.75, 3.05) is 40.5 Å². The first-order valence-corrected chi connectivity index (χ1v) is 8.40. The number of methoxy groups -OCH3 is 1. The summed E-state index contributed by atoms with van der Waals surface area (Å²) in [6, 6.07) is 3.43. The molecule has 0 saturated carbocycles. The van der Waals surface area contributed by atoms with E-state index in [1.54, 1.807) is 31.3 Å². The highest BCUT2D eigenvalue weighted by Gasteiger charge is 2.54. The summed E-state index contributed by atoms with van der Waals surface area (Å²) in [5.41, 5.74) is 0.366. The molecule has 0 aromatic carbocycles. The minimum atomic E-state index is -0.537. The van der Waals surface area contributed by atoms with Crippen LogP contribution in [0.15, 0.2) is 18.3 Å². The lowest BCUT2D eigenvalue weighted by Gasteiger charge is -2.36. The Hall–Kier alpha value is -2.35. The van der Waals surface area contributed by atoms with Crippen LogP contribution in [0, 0.1) is 11.3 Å². The Kier molecular flexibility index (Phi) is 5.08. The number of nitrogens with zero attached hydrogens (tertiary/aromatic N) is 2. The van der Waals surface area contributed by atoms with Crippen LogP contribution in [-0.4, -0.2) is 62.3 Å². The van der Waals surface area contributed by atoms with Crippen molar-refractivity contribution in [3.8, 4) is 5.88 Å². The minimum absolute atomic E-state index is 0.00466. The Balaban J connectivity index is 1.64. The second kappa shape index (κ2) is 7.26. The van der Waals surface area contributed by atoms with Crippen molar-refractivity contribution in [3.05, 3.63) is 23.9 Å². The minimum Gasteiger partial charge on any atom is -0.481 e. The summed E-state index contributed by atoms with van der Waals surface area (Å²) < 4.78 is 10.6. The van der Waals surface area contributed by atoms with Crippen LogP contribution >= 0.6 is 0 Å². The average Bonchev–Trinajstić information content (AvgIpc) is 3.06. The fourth-order valence-corrected chi connectivity index (χ4v) is 3.69. The Morgan fingerprint density at radius 2 is 2.36 bits per heavy atom. The molecule has 2 saturated heterocycles. The van der Waals surface area contributed by atoms with Gasteiger partial charge in [-0.2, -0.15) is 0 Å². The van der Waals surface area contributed by atoms with Gasteiger partial charge in [0.1, 0.15) is 0 Å². The number of rotatable bonds is 4. The van der Waals surface area contributed by atoms with E-state index < -0.39 is 5.41 Å². The maximum Gasteiger partial charge on any atom is 0.317 e. The van der Waals surface area contributed by atoms with Gasteiger partial charge in [0.15, 0.2) is 0 Å².